The van der Waals surface area contributed by atoms with Gasteiger partial charge in [-0.05, 0) is 50.2 Å². The summed E-state index contributed by atoms with van der Waals surface area (Å²) in [6.45, 7) is 0. The van der Waals surface area contributed by atoms with Crippen LogP contribution < -0.4 is 10.5 Å². The predicted molar refractivity (Wildman–Crippen MR) is 70.4 cm³/mol. The molecule has 0 aromatic carbocycles. The first-order valence-electron chi connectivity index (χ1n) is 6.23. The molecule has 2 N–H and O–H groups in total. The van der Waals surface area contributed by atoms with Crippen molar-refractivity contribution < 1.29 is 4.74 Å². The van der Waals surface area contributed by atoms with E-state index in [1.54, 1.807) is 0 Å². The van der Waals surface area contributed by atoms with E-state index in [0.29, 0.717) is 17.0 Å². The number of aryl methyl sites for hydroxylation is 2. The van der Waals surface area contributed by atoms with Crippen LogP contribution in [-0.2, 0) is 12.8 Å². The number of fused-ring (bicyclic) bond motifs is 1. The zero-order chi connectivity index (χ0) is 11.8. The lowest BCUT2D eigenvalue weighted by atomic mass is 9.96. The second-order valence-electron chi connectivity index (χ2n) is 4.84. The molecule has 0 amide bonds. The van der Waals surface area contributed by atoms with Crippen LogP contribution in [0.2, 0.25) is 0 Å². The van der Waals surface area contributed by atoms with Crippen molar-refractivity contribution in [1.82, 2.24) is 4.98 Å². The lowest BCUT2D eigenvalue weighted by Crippen LogP contribution is -2.26. The van der Waals surface area contributed by atoms with Crippen LogP contribution in [0.1, 0.15) is 42.5 Å². The fraction of sp³-hybridized carbons (Fsp3) is 0.538. The van der Waals surface area contributed by atoms with Gasteiger partial charge in [-0.15, -0.1) is 0 Å². The molecule has 0 aliphatic heterocycles. The largest absolute Gasteiger partial charge is 0.474 e. The molecule has 2 aliphatic rings. The van der Waals surface area contributed by atoms with E-state index in [4.69, 9.17) is 22.7 Å². The standard InChI is InChI=1S/C13H16N2OS/c14-12(17)10-7-8-3-1-6-11(8)15-13(10)16-9-4-2-5-9/h7,9H,1-6H2,(H2,14,17). The lowest BCUT2D eigenvalue weighted by Gasteiger charge is -2.27. The average molecular weight is 248 g/mol. The van der Waals surface area contributed by atoms with E-state index in [2.05, 4.69) is 11.1 Å². The van der Waals surface area contributed by atoms with E-state index in [9.17, 15) is 0 Å². The highest BCUT2D eigenvalue weighted by Gasteiger charge is 2.24. The second-order valence-corrected chi connectivity index (χ2v) is 5.28. The maximum atomic E-state index is 5.89. The summed E-state index contributed by atoms with van der Waals surface area (Å²) in [6, 6.07) is 2.08. The molecule has 0 unspecified atom stereocenters. The van der Waals surface area contributed by atoms with Crippen molar-refractivity contribution in [2.45, 2.75) is 44.6 Å². The Labute approximate surface area is 106 Å². The quantitative estimate of drug-likeness (QED) is 0.833. The summed E-state index contributed by atoms with van der Waals surface area (Å²) in [7, 11) is 0. The first-order valence-corrected chi connectivity index (χ1v) is 6.64. The molecule has 1 saturated carbocycles. The number of ether oxygens (including phenoxy) is 1. The number of thiocarbonyl (C=S) groups is 1. The van der Waals surface area contributed by atoms with Gasteiger partial charge in [0.1, 0.15) is 11.1 Å². The lowest BCUT2D eigenvalue weighted by molar-refractivity contribution is 0.114. The molecular formula is C13H16N2OS. The molecule has 1 aromatic rings. The average Bonchev–Trinajstić information content (AvgIpc) is 2.68. The summed E-state index contributed by atoms with van der Waals surface area (Å²) in [4.78, 5) is 5.00. The van der Waals surface area contributed by atoms with Gasteiger partial charge in [-0.1, -0.05) is 12.2 Å². The molecule has 2 aliphatic carbocycles. The summed E-state index contributed by atoms with van der Waals surface area (Å²) in [5.41, 5.74) is 9.02. The Kier molecular flexibility index (Phi) is 2.74. The van der Waals surface area contributed by atoms with Crippen molar-refractivity contribution in [2.75, 3.05) is 0 Å². The highest BCUT2D eigenvalue weighted by atomic mass is 32.1. The Morgan fingerprint density at radius 2 is 2.18 bits per heavy atom. The van der Waals surface area contributed by atoms with Gasteiger partial charge in [0, 0.05) is 5.69 Å². The van der Waals surface area contributed by atoms with Crippen LogP contribution in [0, 0.1) is 0 Å². The van der Waals surface area contributed by atoms with E-state index >= 15 is 0 Å². The highest BCUT2D eigenvalue weighted by molar-refractivity contribution is 7.80. The Bertz CT molecular complexity index is 469. The smallest absolute Gasteiger partial charge is 0.224 e. The molecule has 4 heteroatoms. The molecule has 3 nitrogen and oxygen atoms in total. The van der Waals surface area contributed by atoms with Crippen LogP contribution in [0.15, 0.2) is 6.07 Å². The van der Waals surface area contributed by atoms with Gasteiger partial charge >= 0.3 is 0 Å². The number of hydrogen-bond donors (Lipinski definition) is 1. The molecule has 0 radical (unpaired) electrons. The highest BCUT2D eigenvalue weighted by Crippen LogP contribution is 2.30. The maximum Gasteiger partial charge on any atom is 0.224 e. The number of pyridine rings is 1. The fourth-order valence-electron chi connectivity index (χ4n) is 2.37. The molecule has 1 heterocycles. The van der Waals surface area contributed by atoms with Gasteiger partial charge in [0.05, 0.1) is 5.56 Å². The number of nitrogens with zero attached hydrogens (tertiary/aromatic N) is 1. The molecule has 0 bridgehead atoms. The maximum absolute atomic E-state index is 5.89. The van der Waals surface area contributed by atoms with Crippen LogP contribution >= 0.6 is 12.2 Å². The molecule has 17 heavy (non-hydrogen) atoms. The van der Waals surface area contributed by atoms with Gasteiger partial charge < -0.3 is 10.5 Å². The van der Waals surface area contributed by atoms with Crippen LogP contribution in [0.3, 0.4) is 0 Å². The first-order chi connectivity index (χ1) is 8.24. The van der Waals surface area contributed by atoms with Gasteiger partial charge in [0.25, 0.3) is 0 Å². The summed E-state index contributed by atoms with van der Waals surface area (Å²) < 4.78 is 5.89. The third-order valence-corrected chi connectivity index (χ3v) is 3.83. The second kappa shape index (κ2) is 4.26. The Balaban J connectivity index is 1.95. The van der Waals surface area contributed by atoms with E-state index in [1.165, 1.54) is 24.1 Å². The Morgan fingerprint density at radius 1 is 1.35 bits per heavy atom. The molecule has 0 atom stereocenters. The van der Waals surface area contributed by atoms with Gasteiger partial charge in [0.2, 0.25) is 5.88 Å². The minimum absolute atomic E-state index is 0.315. The van der Waals surface area contributed by atoms with Crippen molar-refractivity contribution in [2.24, 2.45) is 5.73 Å². The minimum Gasteiger partial charge on any atom is -0.474 e. The van der Waals surface area contributed by atoms with Crippen molar-refractivity contribution in [1.29, 1.82) is 0 Å². The van der Waals surface area contributed by atoms with Crippen molar-refractivity contribution in [3.05, 3.63) is 22.9 Å². The number of aromatic nitrogens is 1. The van der Waals surface area contributed by atoms with E-state index < -0.39 is 0 Å². The minimum atomic E-state index is 0.315. The van der Waals surface area contributed by atoms with Gasteiger partial charge in [0.15, 0.2) is 0 Å². The monoisotopic (exact) mass is 248 g/mol. The van der Waals surface area contributed by atoms with Gasteiger partial charge in [-0.25, -0.2) is 4.98 Å². The zero-order valence-corrected chi connectivity index (χ0v) is 10.6. The summed E-state index contributed by atoms with van der Waals surface area (Å²) in [5.74, 6) is 0.655. The van der Waals surface area contributed by atoms with Crippen LogP contribution in [-0.4, -0.2) is 16.1 Å². The molecule has 0 saturated heterocycles. The Hall–Kier alpha value is -1.16. The Morgan fingerprint density at radius 3 is 2.82 bits per heavy atom. The van der Waals surface area contributed by atoms with Gasteiger partial charge in [-0.3, -0.25) is 0 Å². The molecule has 3 rings (SSSR count). The number of nitrogens with two attached hydrogens (primary N) is 1. The zero-order valence-electron chi connectivity index (χ0n) is 9.74. The number of rotatable bonds is 3. The number of hydrogen-bond acceptors (Lipinski definition) is 3. The van der Waals surface area contributed by atoms with Crippen molar-refractivity contribution in [3.8, 4) is 5.88 Å². The summed E-state index contributed by atoms with van der Waals surface area (Å²) in [5, 5.41) is 0. The molecule has 1 aromatic heterocycles. The van der Waals surface area contributed by atoms with Crippen LogP contribution in [0.5, 0.6) is 5.88 Å². The SMILES string of the molecule is NC(=S)c1cc2c(nc1OC1CCC1)CCC2. The van der Waals surface area contributed by atoms with Crippen LogP contribution in [0.4, 0.5) is 0 Å². The van der Waals surface area contributed by atoms with E-state index in [0.717, 1.165) is 31.2 Å². The van der Waals surface area contributed by atoms with Crippen molar-refractivity contribution >= 4 is 17.2 Å². The fourth-order valence-corrected chi connectivity index (χ4v) is 2.51. The van der Waals surface area contributed by atoms with E-state index in [1.807, 2.05) is 0 Å². The van der Waals surface area contributed by atoms with E-state index in [-0.39, 0.29) is 0 Å². The normalized spacial score (nSPS) is 18.6. The first kappa shape index (κ1) is 11.0. The molecule has 1 fully saturated rings. The van der Waals surface area contributed by atoms with Crippen molar-refractivity contribution in [3.63, 3.8) is 0 Å². The summed E-state index contributed by atoms with van der Waals surface area (Å²) in [6.07, 6.45) is 7.11. The molecule has 90 valence electrons. The topological polar surface area (TPSA) is 48.1 Å². The molecule has 0 spiro atoms. The molecular weight excluding hydrogens is 232 g/mol. The van der Waals surface area contributed by atoms with Crippen LogP contribution in [0.25, 0.3) is 0 Å². The predicted octanol–water partition coefficient (Wildman–Crippen LogP) is 2.14. The third-order valence-electron chi connectivity index (χ3n) is 3.61. The summed E-state index contributed by atoms with van der Waals surface area (Å²) >= 11 is 5.09. The third kappa shape index (κ3) is 2.02. The van der Waals surface area contributed by atoms with Gasteiger partial charge in [-0.2, -0.15) is 0 Å².